The number of carbonyl (C=O) groups is 4. The van der Waals surface area contributed by atoms with Crippen LogP contribution in [0.3, 0.4) is 0 Å². The van der Waals surface area contributed by atoms with Crippen LogP contribution in [0.5, 0.6) is 11.5 Å². The summed E-state index contributed by atoms with van der Waals surface area (Å²) in [7, 11) is 7.73. The van der Waals surface area contributed by atoms with E-state index in [9.17, 15) is 39.6 Å². The van der Waals surface area contributed by atoms with Crippen molar-refractivity contribution < 1.29 is 53.5 Å². The zero-order valence-electron chi connectivity index (χ0n) is 30.5. The van der Waals surface area contributed by atoms with Crippen molar-refractivity contribution >= 4 is 74.5 Å². The first-order valence-corrected chi connectivity index (χ1v) is 17.9. The van der Waals surface area contributed by atoms with E-state index in [2.05, 4.69) is 22.6 Å². The van der Waals surface area contributed by atoms with Gasteiger partial charge >= 0.3 is 23.9 Å². The Balaban J connectivity index is 1.59. The van der Waals surface area contributed by atoms with Crippen LogP contribution in [0.2, 0.25) is 0 Å². The molecule has 0 fully saturated rings. The number of carboxylic acids is 4. The lowest BCUT2D eigenvalue weighted by Crippen LogP contribution is -2.35. The fourth-order valence-electron chi connectivity index (χ4n) is 6.06. The van der Waals surface area contributed by atoms with E-state index in [1.807, 2.05) is 74.1 Å². The minimum atomic E-state index is -1.24. The zero-order chi connectivity index (χ0) is 40.0. The summed E-state index contributed by atoms with van der Waals surface area (Å²) >= 11 is 2.05. The predicted molar refractivity (Wildman–Crippen MR) is 215 cm³/mol. The molecule has 0 saturated carbocycles. The zero-order valence-corrected chi connectivity index (χ0v) is 32.6. The molecule has 0 aromatic heterocycles. The number of ether oxygens (including phenoxy) is 2. The van der Waals surface area contributed by atoms with Gasteiger partial charge in [0.2, 0.25) is 5.36 Å². The molecule has 1 aliphatic carbocycles. The quantitative estimate of drug-likeness (QED) is 0.0447. The maximum absolute atomic E-state index is 11.9. The van der Waals surface area contributed by atoms with Crippen LogP contribution >= 0.6 is 22.6 Å². The highest BCUT2D eigenvalue weighted by Gasteiger charge is 2.24. The summed E-state index contributed by atoms with van der Waals surface area (Å²) in [5.41, 5.74) is 4.31. The second-order valence-corrected chi connectivity index (χ2v) is 14.2. The molecule has 0 amide bonds. The normalized spacial score (nSPS) is 10.9. The molecule has 3 aromatic carbocycles. The molecule has 1 heterocycles. The van der Waals surface area contributed by atoms with Gasteiger partial charge in [0.15, 0.2) is 0 Å². The molecular formula is C39H40IN4O11+. The Labute approximate surface area is 329 Å². The van der Waals surface area contributed by atoms with Gasteiger partial charge in [-0.05, 0) is 76.7 Å². The smallest absolute Gasteiger partial charge is 0.323 e. The molecule has 15 nitrogen and oxygen atoms in total. The fraction of sp³-hybridized carbons (Fsp3) is 0.256. The minimum Gasteiger partial charge on any atom is -0.488 e. The first kappa shape index (κ1) is 40.2. The minimum absolute atomic E-state index is 0.0979. The van der Waals surface area contributed by atoms with Gasteiger partial charge < -0.3 is 49.0 Å². The summed E-state index contributed by atoms with van der Waals surface area (Å²) in [4.78, 5) is 51.2. The van der Waals surface area contributed by atoms with E-state index in [4.69, 9.17) is 13.9 Å². The van der Waals surface area contributed by atoms with Gasteiger partial charge in [-0.15, -0.1) is 0 Å². The number of nitrogens with zero attached hydrogens (tertiary/aromatic N) is 4. The standard InChI is InChI=1S/C39H39IN4O11/c1-41(2)25-7-9-27-31(17-25)55-32-18-26(42(3)4)8-10-28(32)39(27)23-5-11-29(43(19-35(45)46)20-36(47)48)33(15-23)53-13-14-54-34-16-24(40)6-12-30(34)44(21-37(49)50)22-38(51)52/h5-12,15-18H,13-14,19-22H2,1-4H3,(H3-,45,46,47,48,49,50,51,52)/p+1. The lowest BCUT2D eigenvalue weighted by Gasteiger charge is -2.25. The van der Waals surface area contributed by atoms with Crippen molar-refractivity contribution in [3.05, 3.63) is 81.7 Å². The third-order valence-electron chi connectivity index (χ3n) is 8.48. The lowest BCUT2D eigenvalue weighted by atomic mass is 9.93. The van der Waals surface area contributed by atoms with E-state index in [1.54, 1.807) is 36.4 Å². The maximum Gasteiger partial charge on any atom is 0.323 e. The first-order chi connectivity index (χ1) is 26.1. The van der Waals surface area contributed by atoms with Crippen molar-refractivity contribution in [1.82, 2.24) is 4.58 Å². The number of hydrogen-bond acceptors (Lipinski definition) is 10. The molecule has 0 saturated heterocycles. The van der Waals surface area contributed by atoms with Crippen LogP contribution in [-0.2, 0) is 19.2 Å². The summed E-state index contributed by atoms with van der Waals surface area (Å²) < 4.78 is 21.5. The van der Waals surface area contributed by atoms with Gasteiger partial charge in [0.25, 0.3) is 0 Å². The molecule has 3 aromatic rings. The van der Waals surface area contributed by atoms with Crippen LogP contribution in [0.1, 0.15) is 0 Å². The number of aliphatic carboxylic acids is 4. The largest absolute Gasteiger partial charge is 0.488 e. The Hall–Kier alpha value is -6.04. The summed E-state index contributed by atoms with van der Waals surface area (Å²) in [6, 6.07) is 21.8. The number of halogens is 1. The van der Waals surface area contributed by atoms with Crippen molar-refractivity contribution in [2.75, 3.05) is 82.3 Å². The van der Waals surface area contributed by atoms with Crippen LogP contribution in [0, 0.1) is 3.57 Å². The predicted octanol–water partition coefficient (Wildman–Crippen LogP) is 4.32. The van der Waals surface area contributed by atoms with Crippen LogP contribution in [-0.4, -0.2) is 112 Å². The van der Waals surface area contributed by atoms with Gasteiger partial charge in [-0.25, -0.2) is 4.58 Å². The fourth-order valence-corrected chi connectivity index (χ4v) is 6.52. The molecular weight excluding hydrogens is 827 g/mol. The highest BCUT2D eigenvalue weighted by Crippen LogP contribution is 2.43. The Morgan fingerprint density at radius 3 is 1.76 bits per heavy atom. The first-order valence-electron chi connectivity index (χ1n) is 16.9. The van der Waals surface area contributed by atoms with E-state index in [-0.39, 0.29) is 36.1 Å². The third kappa shape index (κ3) is 9.94. The number of carboxylic acid groups (broad SMARTS) is 4. The van der Waals surface area contributed by atoms with Gasteiger partial charge in [0.1, 0.15) is 76.3 Å². The summed E-state index contributed by atoms with van der Waals surface area (Å²) in [5.74, 6) is -3.90. The van der Waals surface area contributed by atoms with Crippen LogP contribution < -0.4 is 34.1 Å². The average molecular weight is 868 g/mol. The molecule has 1 aliphatic heterocycles. The van der Waals surface area contributed by atoms with Crippen molar-refractivity contribution in [2.24, 2.45) is 0 Å². The molecule has 0 atom stereocenters. The van der Waals surface area contributed by atoms with Crippen molar-refractivity contribution in [2.45, 2.75) is 0 Å². The van der Waals surface area contributed by atoms with E-state index in [0.717, 1.165) is 36.0 Å². The average Bonchev–Trinajstić information content (AvgIpc) is 3.10. The Morgan fingerprint density at radius 1 is 0.691 bits per heavy atom. The summed E-state index contributed by atoms with van der Waals surface area (Å²) in [6.45, 7) is -2.62. The van der Waals surface area contributed by atoms with E-state index >= 15 is 0 Å². The number of fused-ring (bicyclic) bond motifs is 2. The van der Waals surface area contributed by atoms with Crippen LogP contribution in [0.15, 0.2) is 77.2 Å². The second-order valence-electron chi connectivity index (χ2n) is 12.9. The molecule has 0 bridgehead atoms. The molecule has 288 valence electrons. The highest BCUT2D eigenvalue weighted by molar-refractivity contribution is 14.1. The van der Waals surface area contributed by atoms with Gasteiger partial charge in [-0.3, -0.25) is 19.2 Å². The Morgan fingerprint density at radius 2 is 1.24 bits per heavy atom. The van der Waals surface area contributed by atoms with E-state index in [1.165, 1.54) is 4.90 Å². The van der Waals surface area contributed by atoms with Crippen molar-refractivity contribution in [3.8, 4) is 33.9 Å². The number of rotatable bonds is 17. The van der Waals surface area contributed by atoms with Crippen LogP contribution in [0.4, 0.5) is 17.1 Å². The molecule has 2 aliphatic rings. The van der Waals surface area contributed by atoms with Crippen molar-refractivity contribution in [1.29, 1.82) is 0 Å². The van der Waals surface area contributed by atoms with Gasteiger partial charge in [-0.2, -0.15) is 0 Å². The number of benzene rings is 4. The highest BCUT2D eigenvalue weighted by atomic mass is 127. The van der Waals surface area contributed by atoms with Gasteiger partial charge in [0.05, 0.1) is 17.4 Å². The second kappa shape index (κ2) is 17.4. The van der Waals surface area contributed by atoms with Crippen LogP contribution in [0.25, 0.3) is 33.4 Å². The monoisotopic (exact) mass is 867 g/mol. The molecule has 16 heteroatoms. The topological polar surface area (TPSA) is 194 Å². The molecule has 0 radical (unpaired) electrons. The number of anilines is 3. The Bertz CT molecular complexity index is 2270. The molecule has 5 rings (SSSR count). The maximum atomic E-state index is 11.9. The molecule has 4 N–H and O–H groups in total. The molecule has 55 heavy (non-hydrogen) atoms. The van der Waals surface area contributed by atoms with E-state index < -0.39 is 50.1 Å². The summed E-state index contributed by atoms with van der Waals surface area (Å²) in [6.07, 6.45) is 0. The lowest BCUT2D eigenvalue weighted by molar-refractivity contribution is -0.138. The Kier molecular flexibility index (Phi) is 12.7. The number of hydrogen-bond donors (Lipinski definition) is 4. The van der Waals surface area contributed by atoms with E-state index in [0.29, 0.717) is 16.9 Å². The molecule has 0 unspecified atom stereocenters. The SMILES string of the molecule is CN(C)c1ccc2c(-c3ccc(N(CC(=O)O)CC(=O)O)c(OCCOc4cc(I)ccc4N(CC(=O)O)CC(=O)O)c3)c3ccc(=[N+](C)C)cc-3oc2c1. The van der Waals surface area contributed by atoms with Gasteiger partial charge in [-0.1, -0.05) is 6.07 Å². The summed E-state index contributed by atoms with van der Waals surface area (Å²) in [5, 5.41) is 40.0. The van der Waals surface area contributed by atoms with Crippen molar-refractivity contribution in [3.63, 3.8) is 0 Å². The third-order valence-corrected chi connectivity index (χ3v) is 9.15. The van der Waals surface area contributed by atoms with Gasteiger partial charge in [0, 0.05) is 52.0 Å². The molecule has 0 spiro atoms.